The fraction of sp³-hybridized carbons (Fsp3) is 0.409. The minimum absolute atomic E-state index is 0.0559. The van der Waals surface area contributed by atoms with Crippen LogP contribution in [0.25, 0.3) is 11.3 Å². The van der Waals surface area contributed by atoms with Crippen molar-refractivity contribution in [2.45, 2.75) is 50.8 Å². The second kappa shape index (κ2) is 8.31. The van der Waals surface area contributed by atoms with Crippen molar-refractivity contribution >= 4 is 5.82 Å². The average molecular weight is 404 g/mol. The van der Waals surface area contributed by atoms with E-state index in [-0.39, 0.29) is 11.6 Å². The summed E-state index contributed by atoms with van der Waals surface area (Å²) < 4.78 is 7.17. The summed E-state index contributed by atoms with van der Waals surface area (Å²) in [6.45, 7) is 1.32. The summed E-state index contributed by atoms with van der Waals surface area (Å²) in [5, 5.41) is 16.8. The number of aromatic nitrogens is 5. The maximum absolute atomic E-state index is 12.5. The van der Waals surface area contributed by atoms with E-state index in [9.17, 15) is 4.79 Å². The first-order valence-corrected chi connectivity index (χ1v) is 10.5. The predicted octanol–water partition coefficient (Wildman–Crippen LogP) is 2.76. The highest BCUT2D eigenvalue weighted by Crippen LogP contribution is 2.29. The third-order valence-electron chi connectivity index (χ3n) is 5.88. The van der Waals surface area contributed by atoms with E-state index >= 15 is 0 Å². The second-order valence-corrected chi connectivity index (χ2v) is 7.90. The summed E-state index contributed by atoms with van der Waals surface area (Å²) in [4.78, 5) is 16.6. The topological polar surface area (TPSA) is 94.8 Å². The molecule has 1 aliphatic carbocycles. The molecular formula is C22H24N6O2. The van der Waals surface area contributed by atoms with Gasteiger partial charge in [-0.3, -0.25) is 9.78 Å². The van der Waals surface area contributed by atoms with Gasteiger partial charge in [0, 0.05) is 42.0 Å². The van der Waals surface area contributed by atoms with Gasteiger partial charge < -0.3 is 10.1 Å². The van der Waals surface area contributed by atoms with Gasteiger partial charge in [-0.15, -0.1) is 5.10 Å². The Labute approximate surface area is 174 Å². The molecule has 1 saturated carbocycles. The zero-order chi connectivity index (χ0) is 20.3. The van der Waals surface area contributed by atoms with Crippen molar-refractivity contribution in [2.24, 2.45) is 0 Å². The molecule has 0 radical (unpaired) electrons. The van der Waals surface area contributed by atoms with Crippen molar-refractivity contribution in [3.63, 3.8) is 0 Å². The summed E-state index contributed by atoms with van der Waals surface area (Å²) in [6.07, 6.45) is 8.01. The highest BCUT2D eigenvalue weighted by atomic mass is 16.5. The van der Waals surface area contributed by atoms with Crippen LogP contribution < -0.4 is 10.9 Å². The van der Waals surface area contributed by atoms with Crippen LogP contribution in [0.3, 0.4) is 0 Å². The number of rotatable bonds is 4. The molecule has 0 unspecified atom stereocenters. The molecule has 154 valence electrons. The van der Waals surface area contributed by atoms with Crippen LogP contribution in [-0.4, -0.2) is 37.6 Å². The molecule has 1 fully saturated rings. The standard InChI is InChI=1S/C22H24N6O2/c29-22-8-7-20(15-2-1-10-23-13-15)27-28(22)18-5-3-17(4-6-18)24-21-12-16-14-30-11-9-19(16)25-26-21/h1-2,7-8,10,12-13,17-18H,3-6,9,11,14H2,(H,24,26). The lowest BCUT2D eigenvalue weighted by molar-refractivity contribution is 0.109. The van der Waals surface area contributed by atoms with Crippen LogP contribution in [0.5, 0.6) is 0 Å². The smallest absolute Gasteiger partial charge is 0.267 e. The molecule has 3 aromatic rings. The number of ether oxygens (including phenoxy) is 1. The SMILES string of the molecule is O=c1ccc(-c2cccnc2)nn1C1CCC(Nc2cc3c(nn2)CCOC3)CC1. The van der Waals surface area contributed by atoms with Gasteiger partial charge in [-0.2, -0.15) is 10.2 Å². The highest BCUT2D eigenvalue weighted by molar-refractivity contribution is 5.56. The van der Waals surface area contributed by atoms with Gasteiger partial charge in [0.15, 0.2) is 0 Å². The molecule has 2 aliphatic rings. The van der Waals surface area contributed by atoms with Crippen LogP contribution in [0.1, 0.15) is 43.0 Å². The Morgan fingerprint density at radius 1 is 1.10 bits per heavy atom. The Balaban J connectivity index is 1.26. The predicted molar refractivity (Wildman–Crippen MR) is 112 cm³/mol. The first-order chi connectivity index (χ1) is 14.8. The highest BCUT2D eigenvalue weighted by Gasteiger charge is 2.25. The first-order valence-electron chi connectivity index (χ1n) is 10.5. The maximum Gasteiger partial charge on any atom is 0.267 e. The fourth-order valence-electron chi connectivity index (χ4n) is 4.24. The van der Waals surface area contributed by atoms with E-state index in [1.54, 1.807) is 29.2 Å². The van der Waals surface area contributed by atoms with Crippen LogP contribution in [-0.2, 0) is 17.8 Å². The monoisotopic (exact) mass is 404 g/mol. The Kier molecular flexibility index (Phi) is 5.23. The van der Waals surface area contributed by atoms with Gasteiger partial charge in [-0.1, -0.05) is 0 Å². The summed E-state index contributed by atoms with van der Waals surface area (Å²) in [5.41, 5.74) is 3.79. The third kappa shape index (κ3) is 3.95. The molecule has 0 bridgehead atoms. The van der Waals surface area contributed by atoms with Crippen LogP contribution in [0, 0.1) is 0 Å². The Bertz CT molecular complexity index is 1080. The van der Waals surface area contributed by atoms with Gasteiger partial charge in [0.2, 0.25) is 0 Å². The fourth-order valence-corrected chi connectivity index (χ4v) is 4.24. The van der Waals surface area contributed by atoms with Crippen molar-refractivity contribution < 1.29 is 4.74 Å². The quantitative estimate of drug-likeness (QED) is 0.714. The molecule has 8 nitrogen and oxygen atoms in total. The summed E-state index contributed by atoms with van der Waals surface area (Å²) in [5.74, 6) is 0.802. The molecule has 0 atom stereocenters. The zero-order valence-corrected chi connectivity index (χ0v) is 16.7. The molecule has 8 heteroatoms. The number of nitrogens with one attached hydrogen (secondary N) is 1. The van der Waals surface area contributed by atoms with Crippen LogP contribution >= 0.6 is 0 Å². The van der Waals surface area contributed by atoms with Gasteiger partial charge in [0.25, 0.3) is 5.56 Å². The summed E-state index contributed by atoms with van der Waals surface area (Å²) in [7, 11) is 0. The Morgan fingerprint density at radius 3 is 2.83 bits per heavy atom. The number of nitrogens with zero attached hydrogens (tertiary/aromatic N) is 5. The maximum atomic E-state index is 12.5. The van der Waals surface area contributed by atoms with Gasteiger partial charge in [0.05, 0.1) is 30.6 Å². The molecular weight excluding hydrogens is 380 g/mol. The molecule has 0 aromatic carbocycles. The van der Waals surface area contributed by atoms with Crippen LogP contribution in [0.4, 0.5) is 5.82 Å². The number of hydrogen-bond acceptors (Lipinski definition) is 7. The van der Waals surface area contributed by atoms with E-state index in [1.807, 2.05) is 12.1 Å². The largest absolute Gasteiger partial charge is 0.376 e. The van der Waals surface area contributed by atoms with Gasteiger partial charge in [-0.25, -0.2) is 4.68 Å². The summed E-state index contributed by atoms with van der Waals surface area (Å²) in [6, 6.07) is 9.67. The average Bonchev–Trinajstić information content (AvgIpc) is 2.80. The third-order valence-corrected chi connectivity index (χ3v) is 5.88. The number of anilines is 1. The van der Waals surface area contributed by atoms with E-state index in [2.05, 4.69) is 31.7 Å². The normalized spacial score (nSPS) is 21.1. The Hall–Kier alpha value is -3.13. The zero-order valence-electron chi connectivity index (χ0n) is 16.7. The van der Waals surface area contributed by atoms with Crippen molar-refractivity contribution in [1.29, 1.82) is 0 Å². The van der Waals surface area contributed by atoms with E-state index in [1.165, 1.54) is 0 Å². The lowest BCUT2D eigenvalue weighted by Crippen LogP contribution is -2.33. The molecule has 5 rings (SSSR count). The summed E-state index contributed by atoms with van der Waals surface area (Å²) >= 11 is 0. The molecule has 1 aliphatic heterocycles. The lowest BCUT2D eigenvalue weighted by Gasteiger charge is -2.30. The van der Waals surface area contributed by atoms with Crippen molar-refractivity contribution in [2.75, 3.05) is 11.9 Å². The van der Waals surface area contributed by atoms with E-state index in [4.69, 9.17) is 4.74 Å². The molecule has 30 heavy (non-hydrogen) atoms. The number of fused-ring (bicyclic) bond motifs is 1. The van der Waals surface area contributed by atoms with Gasteiger partial charge in [-0.05, 0) is 49.9 Å². The Morgan fingerprint density at radius 2 is 2.00 bits per heavy atom. The number of hydrogen-bond donors (Lipinski definition) is 1. The van der Waals surface area contributed by atoms with Crippen molar-refractivity contribution in [3.05, 3.63) is 64.3 Å². The van der Waals surface area contributed by atoms with Crippen LogP contribution in [0.15, 0.2) is 47.5 Å². The van der Waals surface area contributed by atoms with Gasteiger partial charge in [0.1, 0.15) is 5.82 Å². The van der Waals surface area contributed by atoms with Crippen molar-refractivity contribution in [3.8, 4) is 11.3 Å². The van der Waals surface area contributed by atoms with Crippen LogP contribution in [0.2, 0.25) is 0 Å². The molecule has 1 N–H and O–H groups in total. The lowest BCUT2D eigenvalue weighted by atomic mass is 9.91. The molecule has 3 aromatic heterocycles. The minimum atomic E-state index is -0.0559. The number of pyridine rings is 1. The minimum Gasteiger partial charge on any atom is -0.376 e. The van der Waals surface area contributed by atoms with Crippen molar-refractivity contribution in [1.82, 2.24) is 25.0 Å². The first kappa shape index (κ1) is 18.9. The molecule has 0 amide bonds. The second-order valence-electron chi connectivity index (χ2n) is 7.90. The van der Waals surface area contributed by atoms with E-state index in [0.717, 1.165) is 60.4 Å². The molecule has 4 heterocycles. The van der Waals surface area contributed by atoms with E-state index in [0.29, 0.717) is 19.3 Å². The van der Waals surface area contributed by atoms with E-state index < -0.39 is 0 Å². The molecule has 0 saturated heterocycles. The molecule has 0 spiro atoms. The van der Waals surface area contributed by atoms with Gasteiger partial charge >= 0.3 is 0 Å².